The van der Waals surface area contributed by atoms with Gasteiger partial charge >= 0.3 is 0 Å². The zero-order valence-corrected chi connectivity index (χ0v) is 8.55. The Labute approximate surface area is 84.0 Å². The number of rotatable bonds is 4. The highest BCUT2D eigenvalue weighted by molar-refractivity contribution is 5.02. The van der Waals surface area contributed by atoms with Crippen LogP contribution in [0.2, 0.25) is 0 Å². The first-order valence-corrected chi connectivity index (χ1v) is 5.18. The molecule has 1 atom stereocenters. The SMILES string of the molecule is Cc1cc(CNCC2CCNC2)no1. The van der Waals surface area contributed by atoms with Crippen molar-refractivity contribution in [1.82, 2.24) is 15.8 Å². The standard InChI is InChI=1S/C10H17N3O/c1-8-4-10(13-14-8)7-12-6-9-2-3-11-5-9/h4,9,11-12H,2-3,5-7H2,1H3. The van der Waals surface area contributed by atoms with Crippen LogP contribution in [0.1, 0.15) is 17.9 Å². The van der Waals surface area contributed by atoms with Gasteiger partial charge in [-0.15, -0.1) is 0 Å². The van der Waals surface area contributed by atoms with E-state index < -0.39 is 0 Å². The van der Waals surface area contributed by atoms with Gasteiger partial charge in [0.05, 0.1) is 5.69 Å². The second-order valence-electron chi connectivity index (χ2n) is 3.92. The Morgan fingerprint density at radius 1 is 1.71 bits per heavy atom. The summed E-state index contributed by atoms with van der Waals surface area (Å²) in [4.78, 5) is 0. The van der Waals surface area contributed by atoms with Crippen molar-refractivity contribution in [2.45, 2.75) is 19.9 Å². The summed E-state index contributed by atoms with van der Waals surface area (Å²) < 4.78 is 4.98. The van der Waals surface area contributed by atoms with Gasteiger partial charge in [0.25, 0.3) is 0 Å². The molecule has 4 nitrogen and oxygen atoms in total. The highest BCUT2D eigenvalue weighted by atomic mass is 16.5. The van der Waals surface area contributed by atoms with Crippen molar-refractivity contribution in [2.75, 3.05) is 19.6 Å². The van der Waals surface area contributed by atoms with Crippen molar-refractivity contribution < 1.29 is 4.52 Å². The fourth-order valence-corrected chi connectivity index (χ4v) is 1.79. The van der Waals surface area contributed by atoms with Crippen molar-refractivity contribution in [3.8, 4) is 0 Å². The van der Waals surface area contributed by atoms with Crippen LogP contribution in [0.15, 0.2) is 10.6 Å². The molecular weight excluding hydrogens is 178 g/mol. The van der Waals surface area contributed by atoms with Crippen LogP contribution in [0, 0.1) is 12.8 Å². The van der Waals surface area contributed by atoms with Crippen molar-refractivity contribution in [3.63, 3.8) is 0 Å². The maximum absolute atomic E-state index is 4.98. The molecule has 1 aromatic heterocycles. The molecule has 1 aliphatic rings. The zero-order valence-electron chi connectivity index (χ0n) is 8.55. The number of aromatic nitrogens is 1. The molecule has 14 heavy (non-hydrogen) atoms. The molecule has 1 saturated heterocycles. The predicted molar refractivity (Wildman–Crippen MR) is 53.9 cm³/mol. The molecule has 0 spiro atoms. The average molecular weight is 195 g/mol. The lowest BCUT2D eigenvalue weighted by molar-refractivity contribution is 0.386. The van der Waals surface area contributed by atoms with E-state index >= 15 is 0 Å². The van der Waals surface area contributed by atoms with Crippen LogP contribution in [0.3, 0.4) is 0 Å². The molecule has 1 aliphatic heterocycles. The molecule has 0 aliphatic carbocycles. The molecule has 4 heteroatoms. The summed E-state index contributed by atoms with van der Waals surface area (Å²) in [6.45, 7) is 6.10. The summed E-state index contributed by atoms with van der Waals surface area (Å²) in [6, 6.07) is 1.97. The van der Waals surface area contributed by atoms with Gasteiger partial charge in [-0.25, -0.2) is 0 Å². The fourth-order valence-electron chi connectivity index (χ4n) is 1.79. The zero-order chi connectivity index (χ0) is 9.80. The molecule has 0 amide bonds. The number of hydrogen-bond acceptors (Lipinski definition) is 4. The number of aryl methyl sites for hydroxylation is 1. The molecule has 1 aromatic rings. The molecule has 0 bridgehead atoms. The van der Waals surface area contributed by atoms with Crippen LogP contribution >= 0.6 is 0 Å². The highest BCUT2D eigenvalue weighted by Crippen LogP contribution is 2.06. The van der Waals surface area contributed by atoms with E-state index in [2.05, 4.69) is 15.8 Å². The van der Waals surface area contributed by atoms with Crippen LogP contribution in [-0.4, -0.2) is 24.8 Å². The van der Waals surface area contributed by atoms with Gasteiger partial charge in [-0.2, -0.15) is 0 Å². The van der Waals surface area contributed by atoms with Gasteiger partial charge in [-0.1, -0.05) is 5.16 Å². The topological polar surface area (TPSA) is 50.1 Å². The number of nitrogens with one attached hydrogen (secondary N) is 2. The molecule has 1 unspecified atom stereocenters. The Morgan fingerprint density at radius 3 is 3.29 bits per heavy atom. The van der Waals surface area contributed by atoms with Gasteiger partial charge in [-0.05, 0) is 38.9 Å². The van der Waals surface area contributed by atoms with Gasteiger partial charge in [0.2, 0.25) is 0 Å². The van der Waals surface area contributed by atoms with Gasteiger partial charge in [-0.3, -0.25) is 0 Å². The monoisotopic (exact) mass is 195 g/mol. The largest absolute Gasteiger partial charge is 0.361 e. The van der Waals surface area contributed by atoms with E-state index in [-0.39, 0.29) is 0 Å². The normalized spacial score (nSPS) is 21.6. The van der Waals surface area contributed by atoms with Crippen molar-refractivity contribution in [3.05, 3.63) is 17.5 Å². The minimum Gasteiger partial charge on any atom is -0.361 e. The summed E-state index contributed by atoms with van der Waals surface area (Å²) in [7, 11) is 0. The van der Waals surface area contributed by atoms with Gasteiger partial charge in [0, 0.05) is 12.6 Å². The molecule has 2 rings (SSSR count). The van der Waals surface area contributed by atoms with Gasteiger partial charge in [0.1, 0.15) is 5.76 Å². The molecule has 0 radical (unpaired) electrons. The first kappa shape index (κ1) is 9.68. The lowest BCUT2D eigenvalue weighted by atomic mass is 10.1. The highest BCUT2D eigenvalue weighted by Gasteiger charge is 2.13. The minimum absolute atomic E-state index is 0.781. The quantitative estimate of drug-likeness (QED) is 0.742. The van der Waals surface area contributed by atoms with Gasteiger partial charge in [0.15, 0.2) is 0 Å². The third-order valence-electron chi connectivity index (χ3n) is 2.58. The molecule has 0 saturated carbocycles. The molecule has 2 N–H and O–H groups in total. The van der Waals surface area contributed by atoms with E-state index in [0.29, 0.717) is 0 Å². The Balaban J connectivity index is 1.67. The Bertz CT molecular complexity index is 279. The second-order valence-corrected chi connectivity index (χ2v) is 3.92. The van der Waals surface area contributed by atoms with Crippen molar-refractivity contribution in [2.24, 2.45) is 5.92 Å². The van der Waals surface area contributed by atoms with Crippen LogP contribution < -0.4 is 10.6 Å². The van der Waals surface area contributed by atoms with Crippen LogP contribution in [0.5, 0.6) is 0 Å². The molecule has 78 valence electrons. The summed E-state index contributed by atoms with van der Waals surface area (Å²) >= 11 is 0. The summed E-state index contributed by atoms with van der Waals surface area (Å²) in [5.41, 5.74) is 0.994. The number of hydrogen-bond donors (Lipinski definition) is 2. The summed E-state index contributed by atoms with van der Waals surface area (Å²) in [5, 5.41) is 10.7. The smallest absolute Gasteiger partial charge is 0.133 e. The lowest BCUT2D eigenvalue weighted by Gasteiger charge is -2.07. The predicted octanol–water partition coefficient (Wildman–Crippen LogP) is 0.682. The Hall–Kier alpha value is -0.870. The van der Waals surface area contributed by atoms with Crippen LogP contribution in [-0.2, 0) is 6.54 Å². The van der Waals surface area contributed by atoms with E-state index in [1.807, 2.05) is 13.0 Å². The van der Waals surface area contributed by atoms with Crippen LogP contribution in [0.4, 0.5) is 0 Å². The Kier molecular flexibility index (Phi) is 3.16. The minimum atomic E-state index is 0.781. The fraction of sp³-hybridized carbons (Fsp3) is 0.700. The first-order chi connectivity index (χ1) is 6.84. The third-order valence-corrected chi connectivity index (χ3v) is 2.58. The second kappa shape index (κ2) is 4.57. The lowest BCUT2D eigenvalue weighted by Crippen LogP contribution is -2.24. The molecule has 1 fully saturated rings. The van der Waals surface area contributed by atoms with E-state index in [4.69, 9.17) is 4.52 Å². The maximum atomic E-state index is 4.98. The summed E-state index contributed by atoms with van der Waals surface area (Å²) in [6.07, 6.45) is 1.28. The average Bonchev–Trinajstić information content (AvgIpc) is 2.77. The van der Waals surface area contributed by atoms with Gasteiger partial charge < -0.3 is 15.2 Å². The first-order valence-electron chi connectivity index (χ1n) is 5.18. The third kappa shape index (κ3) is 2.56. The molecular formula is C10H17N3O. The summed E-state index contributed by atoms with van der Waals surface area (Å²) in [5.74, 6) is 1.66. The van der Waals surface area contributed by atoms with E-state index in [0.717, 1.165) is 43.6 Å². The molecule has 2 heterocycles. The van der Waals surface area contributed by atoms with E-state index in [1.165, 1.54) is 6.42 Å². The Morgan fingerprint density at radius 2 is 2.64 bits per heavy atom. The van der Waals surface area contributed by atoms with Crippen LogP contribution in [0.25, 0.3) is 0 Å². The molecule has 0 aromatic carbocycles. The van der Waals surface area contributed by atoms with E-state index in [1.54, 1.807) is 0 Å². The van der Waals surface area contributed by atoms with Crippen molar-refractivity contribution >= 4 is 0 Å². The maximum Gasteiger partial charge on any atom is 0.133 e. The number of nitrogens with zero attached hydrogens (tertiary/aromatic N) is 1. The van der Waals surface area contributed by atoms with Crippen molar-refractivity contribution in [1.29, 1.82) is 0 Å². The van der Waals surface area contributed by atoms with E-state index in [9.17, 15) is 0 Å².